The first-order valence-corrected chi connectivity index (χ1v) is 6.68. The van der Waals surface area contributed by atoms with Crippen LogP contribution in [0, 0.1) is 11.8 Å². The molecule has 4 heteroatoms. The lowest BCUT2D eigenvalue weighted by Crippen LogP contribution is -2.43. The Morgan fingerprint density at radius 1 is 1.47 bits per heavy atom. The molecule has 2 unspecified atom stereocenters. The monoisotopic (exact) mass is 242 g/mol. The summed E-state index contributed by atoms with van der Waals surface area (Å²) in [7, 11) is 0. The number of carboxylic acids is 1. The van der Waals surface area contributed by atoms with Gasteiger partial charge in [-0.15, -0.1) is 0 Å². The van der Waals surface area contributed by atoms with Crippen molar-refractivity contribution < 1.29 is 9.90 Å². The molecule has 1 heterocycles. The Bertz CT molecular complexity index is 238. The Kier molecular flexibility index (Phi) is 5.92. The van der Waals surface area contributed by atoms with Crippen LogP contribution in [0.1, 0.15) is 33.6 Å². The van der Waals surface area contributed by atoms with Crippen molar-refractivity contribution in [1.82, 2.24) is 10.2 Å². The molecule has 2 N–H and O–H groups in total. The molecule has 0 aromatic carbocycles. The summed E-state index contributed by atoms with van der Waals surface area (Å²) < 4.78 is 0. The van der Waals surface area contributed by atoms with Crippen molar-refractivity contribution >= 4 is 5.97 Å². The van der Waals surface area contributed by atoms with Gasteiger partial charge in [-0.3, -0.25) is 9.69 Å². The molecule has 0 spiro atoms. The van der Waals surface area contributed by atoms with E-state index in [-0.39, 0.29) is 5.92 Å². The Morgan fingerprint density at radius 2 is 2.18 bits per heavy atom. The van der Waals surface area contributed by atoms with E-state index in [9.17, 15) is 4.79 Å². The van der Waals surface area contributed by atoms with Crippen molar-refractivity contribution in [1.29, 1.82) is 0 Å². The maximum absolute atomic E-state index is 10.9. The van der Waals surface area contributed by atoms with Gasteiger partial charge in [-0.25, -0.2) is 0 Å². The van der Waals surface area contributed by atoms with E-state index in [2.05, 4.69) is 24.1 Å². The van der Waals surface area contributed by atoms with Gasteiger partial charge in [-0.05, 0) is 45.7 Å². The van der Waals surface area contributed by atoms with Crippen molar-refractivity contribution in [2.24, 2.45) is 11.8 Å². The number of hydrogen-bond donors (Lipinski definition) is 2. The summed E-state index contributed by atoms with van der Waals surface area (Å²) in [5.74, 6) is -0.307. The second-order valence-electron chi connectivity index (χ2n) is 5.50. The van der Waals surface area contributed by atoms with E-state index < -0.39 is 5.97 Å². The second-order valence-corrected chi connectivity index (χ2v) is 5.50. The Labute approximate surface area is 104 Å². The van der Waals surface area contributed by atoms with Gasteiger partial charge in [0.2, 0.25) is 0 Å². The van der Waals surface area contributed by atoms with Gasteiger partial charge in [0, 0.05) is 19.1 Å². The number of hydrogen-bond acceptors (Lipinski definition) is 3. The van der Waals surface area contributed by atoms with E-state index in [4.69, 9.17) is 5.11 Å². The third-order valence-electron chi connectivity index (χ3n) is 3.55. The van der Waals surface area contributed by atoms with Crippen molar-refractivity contribution in [3.63, 3.8) is 0 Å². The smallest absolute Gasteiger partial charge is 0.307 e. The van der Waals surface area contributed by atoms with Crippen molar-refractivity contribution in [2.45, 2.75) is 39.7 Å². The summed E-state index contributed by atoms with van der Waals surface area (Å²) in [6, 6.07) is 0.415. The fraction of sp³-hybridized carbons (Fsp3) is 0.923. The first kappa shape index (κ1) is 14.5. The van der Waals surface area contributed by atoms with Crippen molar-refractivity contribution in [3.05, 3.63) is 0 Å². The van der Waals surface area contributed by atoms with E-state index >= 15 is 0 Å². The zero-order valence-electron chi connectivity index (χ0n) is 11.3. The van der Waals surface area contributed by atoms with Crippen LogP contribution in [-0.2, 0) is 4.79 Å². The minimum Gasteiger partial charge on any atom is -0.481 e. The fourth-order valence-electron chi connectivity index (χ4n) is 2.34. The molecule has 2 atom stereocenters. The van der Waals surface area contributed by atoms with Gasteiger partial charge in [0.15, 0.2) is 0 Å². The van der Waals surface area contributed by atoms with Gasteiger partial charge in [-0.1, -0.05) is 6.92 Å². The highest BCUT2D eigenvalue weighted by Gasteiger charge is 2.22. The van der Waals surface area contributed by atoms with E-state index in [1.165, 1.54) is 12.8 Å². The largest absolute Gasteiger partial charge is 0.481 e. The molecule has 1 fully saturated rings. The molecule has 17 heavy (non-hydrogen) atoms. The van der Waals surface area contributed by atoms with Crippen LogP contribution in [0.25, 0.3) is 0 Å². The topological polar surface area (TPSA) is 52.6 Å². The van der Waals surface area contributed by atoms with E-state index in [0.29, 0.717) is 18.5 Å². The first-order valence-electron chi connectivity index (χ1n) is 6.68. The molecule has 1 rings (SSSR count). The van der Waals surface area contributed by atoms with Crippen LogP contribution in [0.15, 0.2) is 0 Å². The Hall–Kier alpha value is -0.610. The lowest BCUT2D eigenvalue weighted by molar-refractivity contribution is -0.141. The lowest BCUT2D eigenvalue weighted by Gasteiger charge is -2.33. The number of rotatable bonds is 6. The van der Waals surface area contributed by atoms with Gasteiger partial charge in [0.05, 0.1) is 5.92 Å². The molecule has 1 saturated heterocycles. The quantitative estimate of drug-likeness (QED) is 0.739. The summed E-state index contributed by atoms with van der Waals surface area (Å²) in [4.78, 5) is 13.2. The van der Waals surface area contributed by atoms with Crippen molar-refractivity contribution in [2.75, 3.05) is 26.2 Å². The maximum atomic E-state index is 10.9. The van der Waals surface area contributed by atoms with Gasteiger partial charge in [0.1, 0.15) is 0 Å². The van der Waals surface area contributed by atoms with Crippen LogP contribution in [0.5, 0.6) is 0 Å². The molecular weight excluding hydrogens is 216 g/mol. The molecule has 0 radical (unpaired) electrons. The number of piperidine rings is 1. The highest BCUT2D eigenvalue weighted by atomic mass is 16.4. The molecule has 0 aromatic heterocycles. The Balaban J connectivity index is 2.44. The number of nitrogens with zero attached hydrogens (tertiary/aromatic N) is 1. The molecular formula is C13H26N2O2. The molecule has 0 aliphatic carbocycles. The van der Waals surface area contributed by atoms with Crippen LogP contribution in [-0.4, -0.2) is 48.2 Å². The highest BCUT2D eigenvalue weighted by Crippen LogP contribution is 2.15. The third-order valence-corrected chi connectivity index (χ3v) is 3.55. The van der Waals surface area contributed by atoms with Crippen LogP contribution < -0.4 is 5.32 Å². The summed E-state index contributed by atoms with van der Waals surface area (Å²) in [5.41, 5.74) is 0. The van der Waals surface area contributed by atoms with Crippen LogP contribution in [0.2, 0.25) is 0 Å². The number of nitrogens with one attached hydrogen (secondary N) is 1. The lowest BCUT2D eigenvalue weighted by atomic mass is 9.98. The predicted octanol–water partition coefficient (Wildman–Crippen LogP) is 1.42. The average Bonchev–Trinajstić information content (AvgIpc) is 2.29. The average molecular weight is 242 g/mol. The van der Waals surface area contributed by atoms with E-state index in [1.54, 1.807) is 6.92 Å². The zero-order valence-corrected chi connectivity index (χ0v) is 11.3. The minimum absolute atomic E-state index is 0.283. The summed E-state index contributed by atoms with van der Waals surface area (Å²) in [6.07, 6.45) is 2.50. The molecule has 0 amide bonds. The molecule has 4 nitrogen and oxygen atoms in total. The van der Waals surface area contributed by atoms with Crippen LogP contribution >= 0.6 is 0 Å². The number of aliphatic carboxylic acids is 1. The second kappa shape index (κ2) is 6.97. The maximum Gasteiger partial charge on any atom is 0.307 e. The van der Waals surface area contributed by atoms with Gasteiger partial charge < -0.3 is 10.4 Å². The van der Waals surface area contributed by atoms with Gasteiger partial charge in [-0.2, -0.15) is 0 Å². The predicted molar refractivity (Wildman–Crippen MR) is 69.1 cm³/mol. The van der Waals surface area contributed by atoms with Crippen LogP contribution in [0.3, 0.4) is 0 Å². The third kappa shape index (κ3) is 5.04. The number of carboxylic acid groups (broad SMARTS) is 1. The molecule has 0 bridgehead atoms. The van der Waals surface area contributed by atoms with E-state index in [1.807, 2.05) is 0 Å². The minimum atomic E-state index is -0.697. The molecule has 100 valence electrons. The number of carbonyl (C=O) groups is 1. The molecule has 1 aliphatic rings. The van der Waals surface area contributed by atoms with Gasteiger partial charge in [0.25, 0.3) is 0 Å². The van der Waals surface area contributed by atoms with Crippen LogP contribution in [0.4, 0.5) is 0 Å². The first-order chi connectivity index (χ1) is 8.00. The Morgan fingerprint density at radius 3 is 2.65 bits per heavy atom. The van der Waals surface area contributed by atoms with Gasteiger partial charge >= 0.3 is 5.97 Å². The summed E-state index contributed by atoms with van der Waals surface area (Å²) in [5, 5.41) is 12.4. The zero-order chi connectivity index (χ0) is 12.8. The van der Waals surface area contributed by atoms with Crippen molar-refractivity contribution in [3.8, 4) is 0 Å². The SMILES string of the molecule is CC(CN(CC1CCCNC1)C(C)C)C(=O)O. The molecule has 1 aliphatic heterocycles. The van der Waals surface area contributed by atoms with E-state index in [0.717, 1.165) is 19.6 Å². The highest BCUT2D eigenvalue weighted by molar-refractivity contribution is 5.69. The fourth-order valence-corrected chi connectivity index (χ4v) is 2.34. The standard InChI is InChI=1S/C13H26N2O2/c1-10(2)15(8-11(3)13(16)17)9-12-5-4-6-14-7-12/h10-12,14H,4-9H2,1-3H3,(H,16,17). The molecule has 0 saturated carbocycles. The molecule has 0 aromatic rings. The summed E-state index contributed by atoms with van der Waals surface area (Å²) in [6.45, 7) is 9.95. The summed E-state index contributed by atoms with van der Waals surface area (Å²) >= 11 is 0. The normalized spacial score (nSPS) is 23.0.